The van der Waals surface area contributed by atoms with Crippen LogP contribution >= 0.6 is 0 Å². The highest BCUT2D eigenvalue weighted by Crippen LogP contribution is 2.12. The maximum absolute atomic E-state index is 13.0. The third-order valence-corrected chi connectivity index (χ3v) is 6.53. The molecule has 45 heavy (non-hydrogen) atoms. The Kier molecular flexibility index (Phi) is 10.0. The van der Waals surface area contributed by atoms with Gasteiger partial charge in [0.25, 0.3) is 35.4 Å². The van der Waals surface area contributed by atoms with Crippen molar-refractivity contribution >= 4 is 35.4 Å². The molecule has 4 aromatic rings. The van der Waals surface area contributed by atoms with E-state index in [1.807, 2.05) is 20.8 Å². The Morgan fingerprint density at radius 1 is 0.311 bits per heavy atom. The van der Waals surface area contributed by atoms with Crippen LogP contribution in [-0.4, -0.2) is 35.4 Å². The fourth-order valence-electron chi connectivity index (χ4n) is 3.91. The Bertz CT molecular complexity index is 1550. The van der Waals surface area contributed by atoms with Crippen molar-refractivity contribution in [3.05, 3.63) is 141 Å². The van der Waals surface area contributed by atoms with Gasteiger partial charge >= 0.3 is 0 Å². The minimum atomic E-state index is -0.841. The van der Waals surface area contributed by atoms with Gasteiger partial charge in [0, 0.05) is 33.4 Å². The molecule has 0 unspecified atom stereocenters. The van der Waals surface area contributed by atoms with Crippen molar-refractivity contribution in [2.24, 2.45) is 0 Å². The molecule has 4 rings (SSSR count). The van der Waals surface area contributed by atoms with Gasteiger partial charge in [0.05, 0.1) is 0 Å². The van der Waals surface area contributed by atoms with Crippen LogP contribution in [0.5, 0.6) is 0 Å². The summed E-state index contributed by atoms with van der Waals surface area (Å²) in [5.41, 5.74) is 16.8. The molecule has 0 aromatic heterocycles. The lowest BCUT2D eigenvalue weighted by Gasteiger charge is -2.13. The minimum Gasteiger partial charge on any atom is -0.267 e. The van der Waals surface area contributed by atoms with E-state index < -0.39 is 35.4 Å². The molecular weight excluding hydrogens is 576 g/mol. The first-order valence-corrected chi connectivity index (χ1v) is 13.7. The van der Waals surface area contributed by atoms with Crippen LogP contribution in [0.25, 0.3) is 0 Å². The summed E-state index contributed by atoms with van der Waals surface area (Å²) in [6.45, 7) is 5.59. The number of hydrogen-bond donors (Lipinski definition) is 6. The summed E-state index contributed by atoms with van der Waals surface area (Å²) in [4.78, 5) is 76.5. The number of amides is 6. The predicted molar refractivity (Wildman–Crippen MR) is 165 cm³/mol. The Balaban J connectivity index is 1.51. The van der Waals surface area contributed by atoms with Gasteiger partial charge < -0.3 is 0 Å². The highest BCUT2D eigenvalue weighted by molar-refractivity contribution is 6.06. The maximum Gasteiger partial charge on any atom is 0.269 e. The fourth-order valence-corrected chi connectivity index (χ4v) is 3.91. The average Bonchev–Trinajstić information content (AvgIpc) is 3.05. The molecule has 0 saturated heterocycles. The molecule has 0 spiro atoms. The fraction of sp³-hybridized carbons (Fsp3) is 0.0909. The number of nitrogens with one attached hydrogen (secondary N) is 6. The zero-order valence-electron chi connectivity index (χ0n) is 24.6. The quantitative estimate of drug-likeness (QED) is 0.184. The smallest absolute Gasteiger partial charge is 0.267 e. The maximum atomic E-state index is 13.0. The van der Waals surface area contributed by atoms with E-state index in [4.69, 9.17) is 0 Å². The van der Waals surface area contributed by atoms with E-state index in [0.717, 1.165) is 16.7 Å². The van der Waals surface area contributed by atoms with Crippen LogP contribution < -0.4 is 32.6 Å². The van der Waals surface area contributed by atoms with E-state index in [2.05, 4.69) is 32.6 Å². The van der Waals surface area contributed by atoms with Crippen molar-refractivity contribution < 1.29 is 28.8 Å². The van der Waals surface area contributed by atoms with Gasteiger partial charge in [-0.25, -0.2) is 0 Å². The van der Waals surface area contributed by atoms with Crippen LogP contribution in [-0.2, 0) is 0 Å². The highest BCUT2D eigenvalue weighted by atomic mass is 16.2. The second kappa shape index (κ2) is 14.2. The lowest BCUT2D eigenvalue weighted by atomic mass is 10.0. The summed E-state index contributed by atoms with van der Waals surface area (Å²) < 4.78 is 0. The van der Waals surface area contributed by atoms with Crippen LogP contribution in [0.4, 0.5) is 0 Å². The summed E-state index contributed by atoms with van der Waals surface area (Å²) in [5.74, 6) is -4.29. The molecule has 0 aliphatic rings. The van der Waals surface area contributed by atoms with E-state index in [0.29, 0.717) is 16.7 Å². The van der Waals surface area contributed by atoms with Crippen LogP contribution in [0, 0.1) is 20.8 Å². The van der Waals surface area contributed by atoms with Crippen molar-refractivity contribution in [3.63, 3.8) is 0 Å². The number of carbonyl (C=O) groups is 6. The number of carbonyl (C=O) groups excluding carboxylic acids is 6. The first-order chi connectivity index (χ1) is 21.5. The number of rotatable bonds is 6. The molecule has 0 aliphatic heterocycles. The summed E-state index contributed by atoms with van der Waals surface area (Å²) in [7, 11) is 0. The van der Waals surface area contributed by atoms with E-state index in [-0.39, 0.29) is 16.7 Å². The molecule has 0 bridgehead atoms. The summed E-state index contributed by atoms with van der Waals surface area (Å²) in [6.07, 6.45) is 0. The second-order valence-electron chi connectivity index (χ2n) is 10.1. The number of hydrazine groups is 3. The number of benzene rings is 4. The van der Waals surface area contributed by atoms with Crippen molar-refractivity contribution in [3.8, 4) is 0 Å². The third kappa shape index (κ3) is 8.61. The van der Waals surface area contributed by atoms with Crippen molar-refractivity contribution in [2.75, 3.05) is 0 Å². The van der Waals surface area contributed by atoms with E-state index in [9.17, 15) is 28.8 Å². The Hall–Kier alpha value is -6.30. The largest absolute Gasteiger partial charge is 0.269 e. The van der Waals surface area contributed by atoms with Gasteiger partial charge in [-0.2, -0.15) is 0 Å². The zero-order valence-corrected chi connectivity index (χ0v) is 24.6. The number of hydrogen-bond acceptors (Lipinski definition) is 6. The molecule has 6 N–H and O–H groups in total. The lowest BCUT2D eigenvalue weighted by molar-refractivity contribution is 0.0838. The van der Waals surface area contributed by atoms with Crippen LogP contribution in [0.1, 0.15) is 78.8 Å². The standard InChI is InChI=1S/C33H30N6O6/c1-19-4-10-22(11-5-19)28(40)34-37-31(43)25-16-26(32(44)38-35-29(41)23-12-6-20(2)7-13-23)18-27(17-25)33(45)39-36-30(42)24-14-8-21(3)9-15-24/h4-18H,1-3H3,(H,34,40)(H,35,41)(H,36,42)(H,37,43)(H,38,44)(H,39,45). The molecule has 0 radical (unpaired) electrons. The topological polar surface area (TPSA) is 175 Å². The van der Waals surface area contributed by atoms with Crippen molar-refractivity contribution in [1.82, 2.24) is 32.6 Å². The first-order valence-electron chi connectivity index (χ1n) is 13.7. The van der Waals surface area contributed by atoms with E-state index >= 15 is 0 Å². The van der Waals surface area contributed by atoms with Gasteiger partial charge in [0.15, 0.2) is 0 Å². The highest BCUT2D eigenvalue weighted by Gasteiger charge is 2.19. The normalized spacial score (nSPS) is 10.2. The molecule has 0 aliphatic carbocycles. The zero-order chi connectivity index (χ0) is 32.5. The van der Waals surface area contributed by atoms with Gasteiger partial charge in [0.1, 0.15) is 0 Å². The SMILES string of the molecule is Cc1ccc(C(=O)NNC(=O)c2cc(C(=O)NNC(=O)c3ccc(C)cc3)cc(C(=O)NNC(=O)c3ccc(C)cc3)c2)cc1. The molecule has 0 heterocycles. The summed E-state index contributed by atoms with van der Waals surface area (Å²) >= 11 is 0. The first kappa shape index (κ1) is 31.6. The predicted octanol–water partition coefficient (Wildman–Crippen LogP) is 2.84. The Morgan fingerprint density at radius 2 is 0.489 bits per heavy atom. The molecule has 0 atom stereocenters. The minimum absolute atomic E-state index is 0.174. The van der Waals surface area contributed by atoms with Gasteiger partial charge in [-0.15, -0.1) is 0 Å². The average molecular weight is 607 g/mol. The van der Waals surface area contributed by atoms with Gasteiger partial charge in [0.2, 0.25) is 0 Å². The second-order valence-corrected chi connectivity index (χ2v) is 10.1. The molecular formula is C33H30N6O6. The Labute approximate surface area is 258 Å². The van der Waals surface area contributed by atoms with Gasteiger partial charge in [-0.3, -0.25) is 61.3 Å². The molecule has 0 saturated carbocycles. The van der Waals surface area contributed by atoms with Crippen LogP contribution in [0.3, 0.4) is 0 Å². The van der Waals surface area contributed by atoms with Crippen molar-refractivity contribution in [1.29, 1.82) is 0 Å². The molecule has 4 aromatic carbocycles. The number of aryl methyl sites for hydroxylation is 3. The van der Waals surface area contributed by atoms with Gasteiger partial charge in [-0.1, -0.05) is 53.1 Å². The molecule has 12 heteroatoms. The Morgan fingerprint density at radius 3 is 0.689 bits per heavy atom. The molecule has 12 nitrogen and oxygen atoms in total. The third-order valence-electron chi connectivity index (χ3n) is 6.53. The molecule has 0 fully saturated rings. The van der Waals surface area contributed by atoms with E-state index in [1.54, 1.807) is 72.8 Å². The van der Waals surface area contributed by atoms with Crippen molar-refractivity contribution in [2.45, 2.75) is 20.8 Å². The summed E-state index contributed by atoms with van der Waals surface area (Å²) in [6, 6.07) is 23.4. The van der Waals surface area contributed by atoms with Crippen LogP contribution in [0.2, 0.25) is 0 Å². The molecule has 228 valence electrons. The van der Waals surface area contributed by atoms with Crippen LogP contribution in [0.15, 0.2) is 91.0 Å². The van der Waals surface area contributed by atoms with E-state index in [1.165, 1.54) is 18.2 Å². The molecule has 6 amide bonds. The van der Waals surface area contributed by atoms with Gasteiger partial charge in [-0.05, 0) is 75.4 Å². The summed E-state index contributed by atoms with van der Waals surface area (Å²) in [5, 5.41) is 0. The monoisotopic (exact) mass is 606 g/mol. The lowest BCUT2D eigenvalue weighted by Crippen LogP contribution is -2.43.